The van der Waals surface area contributed by atoms with Gasteiger partial charge >= 0.3 is 17.9 Å². The molecular formula is C71H122O6. The van der Waals surface area contributed by atoms with Gasteiger partial charge in [-0.3, -0.25) is 14.4 Å². The van der Waals surface area contributed by atoms with Crippen LogP contribution in [0.3, 0.4) is 0 Å². The van der Waals surface area contributed by atoms with Crippen LogP contribution in [0.5, 0.6) is 0 Å². The molecule has 0 aromatic carbocycles. The zero-order chi connectivity index (χ0) is 55.7. The lowest BCUT2D eigenvalue weighted by molar-refractivity contribution is -0.167. The Morgan fingerprint density at radius 2 is 0.506 bits per heavy atom. The maximum atomic E-state index is 12.9. The van der Waals surface area contributed by atoms with Crippen molar-refractivity contribution in [3.63, 3.8) is 0 Å². The third-order valence-corrected chi connectivity index (χ3v) is 14.0. The van der Waals surface area contributed by atoms with Crippen molar-refractivity contribution in [2.75, 3.05) is 13.2 Å². The van der Waals surface area contributed by atoms with Crippen LogP contribution in [0, 0.1) is 0 Å². The Morgan fingerprint density at radius 3 is 0.831 bits per heavy atom. The molecule has 442 valence electrons. The van der Waals surface area contributed by atoms with Gasteiger partial charge in [-0.25, -0.2) is 0 Å². The third-order valence-electron chi connectivity index (χ3n) is 14.0. The molecule has 0 saturated carbocycles. The van der Waals surface area contributed by atoms with Gasteiger partial charge < -0.3 is 14.2 Å². The number of allylic oxidation sites excluding steroid dienone is 16. The van der Waals surface area contributed by atoms with Crippen molar-refractivity contribution < 1.29 is 28.6 Å². The fraction of sp³-hybridized carbons (Fsp3) is 0.732. The molecule has 0 heterocycles. The number of unbranched alkanes of at least 4 members (excludes halogenated alkanes) is 32. The first-order valence-corrected chi connectivity index (χ1v) is 32.7. The highest BCUT2D eigenvalue weighted by molar-refractivity contribution is 5.71. The van der Waals surface area contributed by atoms with Gasteiger partial charge in [0.05, 0.1) is 0 Å². The second-order valence-corrected chi connectivity index (χ2v) is 21.6. The minimum Gasteiger partial charge on any atom is -0.462 e. The van der Waals surface area contributed by atoms with Crippen molar-refractivity contribution in [3.8, 4) is 0 Å². The molecule has 0 fully saturated rings. The van der Waals surface area contributed by atoms with Crippen molar-refractivity contribution in [1.82, 2.24) is 0 Å². The molecule has 1 unspecified atom stereocenters. The maximum absolute atomic E-state index is 12.9. The molecule has 0 radical (unpaired) electrons. The molecule has 0 amide bonds. The zero-order valence-electron chi connectivity index (χ0n) is 50.7. The van der Waals surface area contributed by atoms with Crippen molar-refractivity contribution in [1.29, 1.82) is 0 Å². The predicted molar refractivity (Wildman–Crippen MR) is 334 cm³/mol. The lowest BCUT2D eigenvalue weighted by Gasteiger charge is -2.18. The highest BCUT2D eigenvalue weighted by Gasteiger charge is 2.19. The van der Waals surface area contributed by atoms with E-state index < -0.39 is 6.10 Å². The zero-order valence-corrected chi connectivity index (χ0v) is 50.7. The molecule has 0 aromatic rings. The van der Waals surface area contributed by atoms with Gasteiger partial charge in [-0.15, -0.1) is 0 Å². The van der Waals surface area contributed by atoms with Crippen molar-refractivity contribution in [2.45, 2.75) is 322 Å². The molecule has 6 nitrogen and oxygen atoms in total. The molecule has 0 rings (SSSR count). The van der Waals surface area contributed by atoms with E-state index in [9.17, 15) is 14.4 Å². The van der Waals surface area contributed by atoms with Gasteiger partial charge in [0.2, 0.25) is 0 Å². The number of esters is 3. The Kier molecular flexibility index (Phi) is 61.8. The Balaban J connectivity index is 4.30. The summed E-state index contributed by atoms with van der Waals surface area (Å²) in [6.07, 6.45) is 87.0. The van der Waals surface area contributed by atoms with E-state index in [-0.39, 0.29) is 31.1 Å². The molecule has 0 aliphatic rings. The summed E-state index contributed by atoms with van der Waals surface area (Å²) < 4.78 is 16.9. The summed E-state index contributed by atoms with van der Waals surface area (Å²) in [5, 5.41) is 0. The lowest BCUT2D eigenvalue weighted by atomic mass is 10.0. The van der Waals surface area contributed by atoms with Crippen molar-refractivity contribution in [2.24, 2.45) is 0 Å². The molecule has 0 spiro atoms. The molecule has 0 N–H and O–H groups in total. The van der Waals surface area contributed by atoms with E-state index in [0.29, 0.717) is 19.3 Å². The largest absolute Gasteiger partial charge is 0.462 e. The van der Waals surface area contributed by atoms with Gasteiger partial charge in [0.15, 0.2) is 6.10 Å². The van der Waals surface area contributed by atoms with E-state index in [1.807, 2.05) is 0 Å². The van der Waals surface area contributed by atoms with Crippen LogP contribution >= 0.6 is 0 Å². The predicted octanol–water partition coefficient (Wildman–Crippen LogP) is 22.4. The van der Waals surface area contributed by atoms with E-state index >= 15 is 0 Å². The molecule has 0 aromatic heterocycles. The Bertz CT molecular complexity index is 1510. The SMILES string of the molecule is CC/C=C\C/C=C\C/C=C\C/C=C\CCCCCCCCCCCCCCCCC(=O)OCC(COC(=O)CCCCCCC/C=C\CCCCCC)OC(=O)CCCCCCCC/C=C\C/C=C\C/C=C\CCCCC. The third kappa shape index (κ3) is 63.0. The number of ether oxygens (including phenoxy) is 3. The number of rotatable bonds is 59. The van der Waals surface area contributed by atoms with Gasteiger partial charge in [-0.05, 0) is 122 Å². The molecule has 6 heteroatoms. The van der Waals surface area contributed by atoms with E-state index in [1.54, 1.807) is 0 Å². The summed E-state index contributed by atoms with van der Waals surface area (Å²) in [5.74, 6) is -0.896. The summed E-state index contributed by atoms with van der Waals surface area (Å²) in [7, 11) is 0. The van der Waals surface area contributed by atoms with E-state index in [1.165, 1.54) is 161 Å². The van der Waals surface area contributed by atoms with Crippen LogP contribution in [0.15, 0.2) is 97.2 Å². The highest BCUT2D eigenvalue weighted by Crippen LogP contribution is 2.16. The summed E-state index contributed by atoms with van der Waals surface area (Å²) in [5.41, 5.74) is 0. The number of hydrogen-bond donors (Lipinski definition) is 0. The summed E-state index contributed by atoms with van der Waals surface area (Å²) in [6, 6.07) is 0. The van der Waals surface area contributed by atoms with Crippen LogP contribution in [-0.2, 0) is 28.6 Å². The lowest BCUT2D eigenvalue weighted by Crippen LogP contribution is -2.30. The first-order chi connectivity index (χ1) is 38.0. The van der Waals surface area contributed by atoms with Gasteiger partial charge in [0, 0.05) is 19.3 Å². The maximum Gasteiger partial charge on any atom is 0.306 e. The van der Waals surface area contributed by atoms with Crippen LogP contribution in [0.25, 0.3) is 0 Å². The Labute approximate surface area is 477 Å². The van der Waals surface area contributed by atoms with Crippen LogP contribution in [-0.4, -0.2) is 37.2 Å². The standard InChI is InChI=1S/C71H122O6/c1-4-7-10-13-16-19-22-25-27-29-31-32-33-34-35-36-37-38-40-41-43-46-49-52-55-58-61-64-70(73)76-67-68(66-75-69(72)63-60-57-54-51-48-45-24-21-18-15-12-9-6-3)77-71(74)65-62-59-56-53-50-47-44-42-39-30-28-26-23-20-17-14-11-8-5-2/h7,10,16-17,19-21,24-28,31-32,39,42,68H,4-6,8-9,11-15,18,22-23,29-30,33-38,40-41,43-67H2,1-3H3/b10-7-,19-16-,20-17-,24-21-,27-25-,28-26-,32-31-,42-39-. The van der Waals surface area contributed by atoms with Crippen LogP contribution < -0.4 is 0 Å². The highest BCUT2D eigenvalue weighted by atomic mass is 16.6. The van der Waals surface area contributed by atoms with Gasteiger partial charge in [0.25, 0.3) is 0 Å². The molecule has 0 aliphatic carbocycles. The van der Waals surface area contributed by atoms with E-state index in [4.69, 9.17) is 14.2 Å². The first-order valence-electron chi connectivity index (χ1n) is 32.7. The Morgan fingerprint density at radius 1 is 0.273 bits per heavy atom. The number of carbonyl (C=O) groups is 3. The fourth-order valence-corrected chi connectivity index (χ4v) is 9.14. The summed E-state index contributed by atoms with van der Waals surface area (Å²) in [4.78, 5) is 38.3. The van der Waals surface area contributed by atoms with Crippen LogP contribution in [0.4, 0.5) is 0 Å². The average molecular weight is 1070 g/mol. The molecule has 77 heavy (non-hydrogen) atoms. The van der Waals surface area contributed by atoms with Crippen molar-refractivity contribution >= 4 is 17.9 Å². The van der Waals surface area contributed by atoms with E-state index in [2.05, 4.69) is 118 Å². The van der Waals surface area contributed by atoms with Gasteiger partial charge in [-0.2, -0.15) is 0 Å². The van der Waals surface area contributed by atoms with Gasteiger partial charge in [-0.1, -0.05) is 272 Å². The van der Waals surface area contributed by atoms with Crippen molar-refractivity contribution in [3.05, 3.63) is 97.2 Å². The smallest absolute Gasteiger partial charge is 0.306 e. The fourth-order valence-electron chi connectivity index (χ4n) is 9.14. The number of hydrogen-bond acceptors (Lipinski definition) is 6. The summed E-state index contributed by atoms with van der Waals surface area (Å²) >= 11 is 0. The molecule has 1 atom stereocenters. The second kappa shape index (κ2) is 64.9. The minimum atomic E-state index is -0.789. The topological polar surface area (TPSA) is 78.9 Å². The Hall–Kier alpha value is -3.67. The van der Waals surface area contributed by atoms with E-state index in [0.717, 1.165) is 116 Å². The molecule has 0 aliphatic heterocycles. The molecule has 0 saturated heterocycles. The average Bonchev–Trinajstić information content (AvgIpc) is 3.43. The number of carbonyl (C=O) groups excluding carboxylic acids is 3. The first kappa shape index (κ1) is 73.3. The normalized spacial score (nSPS) is 12.7. The van der Waals surface area contributed by atoms with Crippen LogP contribution in [0.2, 0.25) is 0 Å². The van der Waals surface area contributed by atoms with Gasteiger partial charge in [0.1, 0.15) is 13.2 Å². The second-order valence-electron chi connectivity index (χ2n) is 21.6. The monoisotopic (exact) mass is 1070 g/mol. The molecular weight excluding hydrogens is 949 g/mol. The minimum absolute atomic E-state index is 0.0843. The molecule has 0 bridgehead atoms. The van der Waals surface area contributed by atoms with Crippen LogP contribution in [0.1, 0.15) is 316 Å². The quantitative estimate of drug-likeness (QED) is 0.0261. The summed E-state index contributed by atoms with van der Waals surface area (Å²) in [6.45, 7) is 6.49.